The molecule has 1 aliphatic rings. The smallest absolute Gasteiger partial charge is 0.188 e. The number of allylic oxidation sites excluding steroid dienone is 1. The molecule has 0 N–H and O–H groups in total. The van der Waals surface area contributed by atoms with E-state index in [4.69, 9.17) is 11.6 Å². The summed E-state index contributed by atoms with van der Waals surface area (Å²) >= 11 is 7.44. The van der Waals surface area contributed by atoms with Gasteiger partial charge in [0.05, 0.1) is 10.7 Å². The first-order chi connectivity index (χ1) is 9.65. The Balaban J connectivity index is 1.87. The van der Waals surface area contributed by atoms with Gasteiger partial charge in [-0.1, -0.05) is 35.5 Å². The van der Waals surface area contributed by atoms with Crippen LogP contribution in [0.4, 0.5) is 5.69 Å². The lowest BCUT2D eigenvalue weighted by molar-refractivity contribution is 0.104. The molecule has 0 atom stereocenters. The van der Waals surface area contributed by atoms with Crippen LogP contribution in [-0.4, -0.2) is 12.8 Å². The molecule has 20 heavy (non-hydrogen) atoms. The van der Waals surface area contributed by atoms with Crippen molar-refractivity contribution in [3.8, 4) is 0 Å². The molecule has 0 saturated heterocycles. The third-order valence-electron chi connectivity index (χ3n) is 3.16. The number of nitrogens with zero attached hydrogens (tertiary/aromatic N) is 1. The van der Waals surface area contributed by atoms with E-state index in [9.17, 15) is 4.79 Å². The zero-order chi connectivity index (χ0) is 14.1. The van der Waals surface area contributed by atoms with Crippen LogP contribution in [-0.2, 0) is 0 Å². The Kier molecular flexibility index (Phi) is 3.55. The highest BCUT2D eigenvalue weighted by Crippen LogP contribution is 2.44. The predicted octanol–water partition coefficient (Wildman–Crippen LogP) is 4.61. The molecule has 0 unspecified atom stereocenters. The van der Waals surface area contributed by atoms with Crippen molar-refractivity contribution >= 4 is 34.8 Å². The van der Waals surface area contributed by atoms with E-state index in [1.807, 2.05) is 24.1 Å². The van der Waals surface area contributed by atoms with Gasteiger partial charge >= 0.3 is 0 Å². The largest absolute Gasteiger partial charge is 0.338 e. The molecule has 4 heteroatoms. The zero-order valence-corrected chi connectivity index (χ0v) is 12.4. The monoisotopic (exact) mass is 301 g/mol. The second-order valence-electron chi connectivity index (χ2n) is 4.48. The number of thioether (sulfide) groups is 1. The van der Waals surface area contributed by atoms with Crippen LogP contribution in [0.2, 0.25) is 5.02 Å². The minimum Gasteiger partial charge on any atom is -0.338 e. The van der Waals surface area contributed by atoms with Crippen molar-refractivity contribution in [2.45, 2.75) is 4.90 Å². The third kappa shape index (κ3) is 2.47. The highest BCUT2D eigenvalue weighted by molar-refractivity contribution is 8.03. The SMILES string of the molecule is CN1/C(=C/C(=O)c2ccc(Cl)cc2)Sc2ccccc21. The van der Waals surface area contributed by atoms with Crippen molar-refractivity contribution in [2.24, 2.45) is 0 Å². The lowest BCUT2D eigenvalue weighted by atomic mass is 10.1. The van der Waals surface area contributed by atoms with Gasteiger partial charge in [0.25, 0.3) is 0 Å². The van der Waals surface area contributed by atoms with E-state index in [0.29, 0.717) is 10.6 Å². The van der Waals surface area contributed by atoms with Crippen molar-refractivity contribution in [1.82, 2.24) is 0 Å². The van der Waals surface area contributed by atoms with Crippen LogP contribution in [0.15, 0.2) is 64.5 Å². The molecule has 0 aliphatic carbocycles. The van der Waals surface area contributed by atoms with Gasteiger partial charge in [0.2, 0.25) is 0 Å². The number of hydrogen-bond acceptors (Lipinski definition) is 3. The maximum atomic E-state index is 12.2. The molecular formula is C16H12ClNOS. The number of carbonyl (C=O) groups excluding carboxylic acids is 1. The summed E-state index contributed by atoms with van der Waals surface area (Å²) in [6.45, 7) is 0. The van der Waals surface area contributed by atoms with Gasteiger partial charge < -0.3 is 4.90 Å². The van der Waals surface area contributed by atoms with Gasteiger partial charge in [0.1, 0.15) is 0 Å². The molecule has 0 amide bonds. The van der Waals surface area contributed by atoms with Crippen molar-refractivity contribution < 1.29 is 4.79 Å². The zero-order valence-electron chi connectivity index (χ0n) is 10.8. The molecular weight excluding hydrogens is 290 g/mol. The summed E-state index contributed by atoms with van der Waals surface area (Å²) in [5, 5.41) is 1.57. The van der Waals surface area contributed by atoms with E-state index in [0.717, 1.165) is 10.7 Å². The van der Waals surface area contributed by atoms with Gasteiger partial charge in [-0.15, -0.1) is 0 Å². The molecule has 3 rings (SSSR count). The van der Waals surface area contributed by atoms with Crippen molar-refractivity contribution in [3.05, 3.63) is 70.2 Å². The summed E-state index contributed by atoms with van der Waals surface area (Å²) in [6.07, 6.45) is 1.67. The van der Waals surface area contributed by atoms with E-state index in [-0.39, 0.29) is 5.78 Å². The summed E-state index contributed by atoms with van der Waals surface area (Å²) in [5.41, 5.74) is 1.78. The van der Waals surface area contributed by atoms with Gasteiger partial charge in [-0.3, -0.25) is 4.79 Å². The molecule has 0 aromatic heterocycles. The first-order valence-electron chi connectivity index (χ1n) is 6.17. The Morgan fingerprint density at radius 2 is 1.85 bits per heavy atom. The number of hydrogen-bond donors (Lipinski definition) is 0. The summed E-state index contributed by atoms with van der Waals surface area (Å²) in [6, 6.07) is 15.1. The Morgan fingerprint density at radius 3 is 2.55 bits per heavy atom. The first kappa shape index (κ1) is 13.3. The summed E-state index contributed by atoms with van der Waals surface area (Å²) in [4.78, 5) is 15.5. The van der Waals surface area contributed by atoms with E-state index in [1.54, 1.807) is 42.1 Å². The van der Waals surface area contributed by atoms with Crippen molar-refractivity contribution in [3.63, 3.8) is 0 Å². The Morgan fingerprint density at radius 1 is 1.15 bits per heavy atom. The van der Waals surface area contributed by atoms with E-state index >= 15 is 0 Å². The van der Waals surface area contributed by atoms with Crippen LogP contribution < -0.4 is 4.90 Å². The van der Waals surface area contributed by atoms with Gasteiger partial charge in [0, 0.05) is 28.6 Å². The molecule has 2 aromatic carbocycles. The maximum Gasteiger partial charge on any atom is 0.188 e. The second kappa shape index (κ2) is 5.35. The second-order valence-corrected chi connectivity index (χ2v) is 5.98. The standard InChI is InChI=1S/C16H12ClNOS/c1-18-13-4-2-3-5-15(13)20-16(18)10-14(19)11-6-8-12(17)9-7-11/h2-10H,1H3/b16-10-. The predicted molar refractivity (Wildman–Crippen MR) is 84.6 cm³/mol. The quantitative estimate of drug-likeness (QED) is 0.597. The van der Waals surface area contributed by atoms with Crippen LogP contribution >= 0.6 is 23.4 Å². The minimum atomic E-state index is -0.0103. The molecule has 0 spiro atoms. The van der Waals surface area contributed by atoms with Gasteiger partial charge in [-0.25, -0.2) is 0 Å². The molecule has 1 aliphatic heterocycles. The molecule has 2 aromatic rings. The minimum absolute atomic E-state index is 0.0103. The number of rotatable bonds is 2. The lowest BCUT2D eigenvalue weighted by Crippen LogP contribution is -2.11. The number of benzene rings is 2. The average Bonchev–Trinajstić information content (AvgIpc) is 2.77. The van der Waals surface area contributed by atoms with Crippen molar-refractivity contribution in [1.29, 1.82) is 0 Å². The van der Waals surface area contributed by atoms with Crippen LogP contribution in [0.25, 0.3) is 0 Å². The molecule has 0 saturated carbocycles. The van der Waals surface area contributed by atoms with Crippen molar-refractivity contribution in [2.75, 3.05) is 11.9 Å². The highest BCUT2D eigenvalue weighted by atomic mass is 35.5. The molecule has 1 heterocycles. The Labute approximate surface area is 127 Å². The fourth-order valence-corrected chi connectivity index (χ4v) is 3.27. The summed E-state index contributed by atoms with van der Waals surface area (Å²) in [5.74, 6) is -0.0103. The molecule has 0 fully saturated rings. The summed E-state index contributed by atoms with van der Waals surface area (Å²) < 4.78 is 0. The molecule has 0 bridgehead atoms. The number of anilines is 1. The maximum absolute atomic E-state index is 12.2. The van der Waals surface area contributed by atoms with Crippen LogP contribution in [0.5, 0.6) is 0 Å². The fourth-order valence-electron chi connectivity index (χ4n) is 2.06. The normalized spacial score (nSPS) is 15.5. The van der Waals surface area contributed by atoms with Crippen LogP contribution in [0, 0.1) is 0 Å². The van der Waals surface area contributed by atoms with E-state index in [2.05, 4.69) is 12.1 Å². The number of halogens is 1. The van der Waals surface area contributed by atoms with Crippen LogP contribution in [0.3, 0.4) is 0 Å². The number of fused-ring (bicyclic) bond motifs is 1. The van der Waals surface area contributed by atoms with E-state index in [1.165, 1.54) is 4.90 Å². The van der Waals surface area contributed by atoms with Gasteiger partial charge in [-0.05, 0) is 36.4 Å². The number of para-hydroxylation sites is 1. The highest BCUT2D eigenvalue weighted by Gasteiger charge is 2.22. The average molecular weight is 302 g/mol. The van der Waals surface area contributed by atoms with Crippen LogP contribution in [0.1, 0.15) is 10.4 Å². The van der Waals surface area contributed by atoms with Gasteiger partial charge in [0.15, 0.2) is 5.78 Å². The van der Waals surface area contributed by atoms with E-state index < -0.39 is 0 Å². The Bertz CT molecular complexity index is 694. The Hall–Kier alpha value is -1.71. The topological polar surface area (TPSA) is 20.3 Å². The van der Waals surface area contributed by atoms with Gasteiger partial charge in [-0.2, -0.15) is 0 Å². The number of ketones is 1. The molecule has 2 nitrogen and oxygen atoms in total. The third-order valence-corrected chi connectivity index (χ3v) is 4.57. The lowest BCUT2D eigenvalue weighted by Gasteiger charge is -2.12. The molecule has 100 valence electrons. The fraction of sp³-hybridized carbons (Fsp3) is 0.0625. The first-order valence-corrected chi connectivity index (χ1v) is 7.37. The molecule has 0 radical (unpaired) electrons. The summed E-state index contributed by atoms with van der Waals surface area (Å²) in [7, 11) is 1.97. The number of carbonyl (C=O) groups is 1.